The predicted molar refractivity (Wildman–Crippen MR) is 145 cm³/mol. The molecule has 0 amide bonds. The van der Waals surface area contributed by atoms with Gasteiger partial charge in [-0.3, -0.25) is 9.18 Å². The lowest BCUT2D eigenvalue weighted by Gasteiger charge is -2.19. The molecule has 35 heavy (non-hydrogen) atoms. The summed E-state index contributed by atoms with van der Waals surface area (Å²) in [6, 6.07) is 15.1. The van der Waals surface area contributed by atoms with Crippen molar-refractivity contribution < 1.29 is 13.9 Å². The molecule has 0 bridgehead atoms. The van der Waals surface area contributed by atoms with Crippen LogP contribution in [0.3, 0.4) is 0 Å². The molecule has 4 rings (SSSR count). The van der Waals surface area contributed by atoms with Crippen LogP contribution in [0, 0.1) is 5.41 Å². The smallest absolute Gasteiger partial charge is 0.316 e. The maximum absolute atomic E-state index is 12.5. The first kappa shape index (κ1) is 25.9. The van der Waals surface area contributed by atoms with Gasteiger partial charge in [-0.15, -0.1) is 0 Å². The number of halogens is 2. The van der Waals surface area contributed by atoms with E-state index in [1.165, 1.54) is 26.7 Å². The predicted octanol–water partition coefficient (Wildman–Crippen LogP) is 6.97. The van der Waals surface area contributed by atoms with Crippen LogP contribution in [0.15, 0.2) is 46.9 Å². The Labute approximate surface area is 217 Å². The maximum Gasteiger partial charge on any atom is 0.316 e. The number of fused-ring (bicyclic) bond motifs is 1. The molecule has 1 fully saturated rings. The second-order valence-electron chi connectivity index (χ2n) is 10.6. The molecule has 0 unspecified atom stereocenters. The summed E-state index contributed by atoms with van der Waals surface area (Å²) in [5.74, 6) is 0.386. The monoisotopic (exact) mass is 542 g/mol. The molecule has 1 aliphatic carbocycles. The highest BCUT2D eigenvalue weighted by atomic mass is 79.9. The third kappa shape index (κ3) is 6.53. The van der Waals surface area contributed by atoms with Crippen molar-refractivity contribution in [3.05, 3.63) is 63.6 Å². The van der Waals surface area contributed by atoms with Gasteiger partial charge in [0.2, 0.25) is 0 Å². The highest BCUT2D eigenvalue weighted by molar-refractivity contribution is 9.11. The number of alkyl halides is 1. The van der Waals surface area contributed by atoms with Crippen molar-refractivity contribution in [3.63, 3.8) is 0 Å². The average Bonchev–Trinajstić information content (AvgIpc) is 3.19. The Bertz CT molecular complexity index is 1080. The van der Waals surface area contributed by atoms with E-state index >= 15 is 0 Å². The SMILES string of the molecule is CC(C)(C)C(=O)Oc1ccc2c(c1)CCCC(Br)=C2c1ccc(N[C@H]2CCN(CCCF)C2)cc1. The highest BCUT2D eigenvalue weighted by Crippen LogP contribution is 2.39. The van der Waals surface area contributed by atoms with Gasteiger partial charge in [0.15, 0.2) is 0 Å². The fraction of sp³-hybridized carbons (Fsp3) is 0.483. The van der Waals surface area contributed by atoms with Gasteiger partial charge >= 0.3 is 5.97 Å². The van der Waals surface area contributed by atoms with Crippen molar-refractivity contribution in [1.29, 1.82) is 0 Å². The standard InChI is InChI=1S/C29H36BrFN2O2/c1-29(2,3)28(34)35-24-12-13-25-21(18-24)6-4-7-26(30)27(25)20-8-10-22(11-9-20)32-23-14-17-33(19-23)16-5-15-31/h8-13,18,23,32H,4-7,14-17,19H2,1-3H3/t23-/m0/s1. The molecule has 1 heterocycles. The summed E-state index contributed by atoms with van der Waals surface area (Å²) < 4.78 is 19.3. The summed E-state index contributed by atoms with van der Waals surface area (Å²) in [6.07, 6.45) is 4.65. The molecule has 0 saturated carbocycles. The molecule has 0 radical (unpaired) electrons. The number of benzene rings is 2. The Hall–Kier alpha value is -2.18. The van der Waals surface area contributed by atoms with E-state index in [9.17, 15) is 9.18 Å². The fourth-order valence-corrected chi connectivity index (χ4v) is 5.49. The number of esters is 1. The van der Waals surface area contributed by atoms with E-state index in [0.717, 1.165) is 51.0 Å². The summed E-state index contributed by atoms with van der Waals surface area (Å²) in [6.45, 7) is 8.19. The summed E-state index contributed by atoms with van der Waals surface area (Å²) >= 11 is 3.86. The number of allylic oxidation sites excluding steroid dienone is 1. The number of aryl methyl sites for hydroxylation is 1. The van der Waals surface area contributed by atoms with Crippen molar-refractivity contribution in [2.45, 2.75) is 58.9 Å². The summed E-state index contributed by atoms with van der Waals surface area (Å²) in [4.78, 5) is 14.7. The van der Waals surface area contributed by atoms with Crippen LogP contribution in [-0.4, -0.2) is 43.2 Å². The van der Waals surface area contributed by atoms with Crippen LogP contribution in [0.5, 0.6) is 5.75 Å². The van der Waals surface area contributed by atoms with Gasteiger partial charge in [0.1, 0.15) is 5.75 Å². The molecule has 4 nitrogen and oxygen atoms in total. The number of carbonyl (C=O) groups is 1. The Morgan fingerprint density at radius 1 is 1.17 bits per heavy atom. The molecular weight excluding hydrogens is 507 g/mol. The van der Waals surface area contributed by atoms with Gasteiger partial charge in [0.05, 0.1) is 12.1 Å². The van der Waals surface area contributed by atoms with E-state index in [1.807, 2.05) is 32.9 Å². The molecule has 188 valence electrons. The number of nitrogens with zero attached hydrogens (tertiary/aromatic N) is 1. The van der Waals surface area contributed by atoms with E-state index in [0.29, 0.717) is 18.2 Å². The van der Waals surface area contributed by atoms with Gasteiger partial charge in [-0.2, -0.15) is 0 Å². The lowest BCUT2D eigenvalue weighted by Crippen LogP contribution is -2.27. The zero-order valence-corrected chi connectivity index (χ0v) is 22.6. The van der Waals surface area contributed by atoms with Gasteiger partial charge in [0, 0.05) is 35.8 Å². The maximum atomic E-state index is 12.5. The Kier molecular flexibility index (Phi) is 8.33. The molecule has 0 aromatic heterocycles. The molecule has 2 aliphatic rings. The number of ether oxygens (including phenoxy) is 1. The van der Waals surface area contributed by atoms with E-state index in [2.05, 4.69) is 56.5 Å². The van der Waals surface area contributed by atoms with Crippen molar-refractivity contribution >= 4 is 33.2 Å². The van der Waals surface area contributed by atoms with E-state index in [1.54, 1.807) is 0 Å². The third-order valence-corrected chi connectivity index (χ3v) is 7.50. The number of rotatable bonds is 7. The zero-order chi connectivity index (χ0) is 25.0. The third-order valence-electron chi connectivity index (χ3n) is 6.71. The minimum atomic E-state index is -0.540. The molecule has 1 saturated heterocycles. The van der Waals surface area contributed by atoms with Gasteiger partial charge in [-0.25, -0.2) is 0 Å². The van der Waals surface area contributed by atoms with E-state index in [4.69, 9.17) is 4.74 Å². The number of nitrogens with one attached hydrogen (secondary N) is 1. The summed E-state index contributed by atoms with van der Waals surface area (Å²) in [5.41, 5.74) is 5.33. The number of anilines is 1. The largest absolute Gasteiger partial charge is 0.426 e. The van der Waals surface area contributed by atoms with Crippen LogP contribution in [0.25, 0.3) is 5.57 Å². The first-order chi connectivity index (χ1) is 16.7. The van der Waals surface area contributed by atoms with Crippen molar-refractivity contribution in [3.8, 4) is 5.75 Å². The topological polar surface area (TPSA) is 41.6 Å². The van der Waals surface area contributed by atoms with Crippen LogP contribution >= 0.6 is 15.9 Å². The lowest BCUT2D eigenvalue weighted by atomic mass is 9.93. The number of hydrogen-bond donors (Lipinski definition) is 1. The second kappa shape index (κ2) is 11.3. The second-order valence-corrected chi connectivity index (χ2v) is 11.6. The molecule has 2 aromatic carbocycles. The van der Waals surface area contributed by atoms with Gasteiger partial charge in [0.25, 0.3) is 0 Å². The zero-order valence-electron chi connectivity index (χ0n) is 21.0. The van der Waals surface area contributed by atoms with Crippen molar-refractivity contribution in [2.24, 2.45) is 5.41 Å². The average molecular weight is 544 g/mol. The van der Waals surface area contributed by atoms with Gasteiger partial charge in [-0.05, 0) is 99.4 Å². The summed E-state index contributed by atoms with van der Waals surface area (Å²) in [7, 11) is 0. The van der Waals surface area contributed by atoms with E-state index in [-0.39, 0.29) is 12.6 Å². The van der Waals surface area contributed by atoms with Crippen LogP contribution in [0.2, 0.25) is 0 Å². The van der Waals surface area contributed by atoms with Crippen LogP contribution in [0.4, 0.5) is 10.1 Å². The molecule has 2 aromatic rings. The van der Waals surface area contributed by atoms with Crippen LogP contribution in [0.1, 0.15) is 63.1 Å². The normalized spacial score (nSPS) is 18.8. The Morgan fingerprint density at radius 3 is 2.66 bits per heavy atom. The number of carbonyl (C=O) groups excluding carboxylic acids is 1. The quantitative estimate of drug-likeness (QED) is 0.303. The summed E-state index contributed by atoms with van der Waals surface area (Å²) in [5, 5.41) is 3.65. The molecule has 1 atom stereocenters. The van der Waals surface area contributed by atoms with Crippen molar-refractivity contribution in [1.82, 2.24) is 4.90 Å². The molecule has 1 aliphatic heterocycles. The van der Waals surface area contributed by atoms with Crippen LogP contribution in [-0.2, 0) is 11.2 Å². The Morgan fingerprint density at radius 2 is 1.94 bits per heavy atom. The number of likely N-dealkylation sites (tertiary alicyclic amines) is 1. The molecule has 1 N–H and O–H groups in total. The minimum Gasteiger partial charge on any atom is -0.426 e. The van der Waals surface area contributed by atoms with Crippen LogP contribution < -0.4 is 10.1 Å². The molecule has 6 heteroatoms. The minimum absolute atomic E-state index is 0.223. The van der Waals surface area contributed by atoms with Crippen molar-refractivity contribution in [2.75, 3.05) is 31.6 Å². The first-order valence-electron chi connectivity index (χ1n) is 12.6. The van der Waals surface area contributed by atoms with Gasteiger partial charge in [-0.1, -0.05) is 34.1 Å². The Balaban J connectivity index is 1.50. The first-order valence-corrected chi connectivity index (χ1v) is 13.4. The molecule has 0 spiro atoms. The molecular formula is C29H36BrFN2O2. The number of hydrogen-bond acceptors (Lipinski definition) is 4. The lowest BCUT2D eigenvalue weighted by molar-refractivity contribution is -0.143. The highest BCUT2D eigenvalue weighted by Gasteiger charge is 2.25. The fourth-order valence-electron chi connectivity index (χ4n) is 4.77. The van der Waals surface area contributed by atoms with Gasteiger partial charge < -0.3 is 15.0 Å². The van der Waals surface area contributed by atoms with E-state index < -0.39 is 5.41 Å².